The first-order valence-corrected chi connectivity index (χ1v) is 11.5. The molecule has 3 rings (SSSR count). The summed E-state index contributed by atoms with van der Waals surface area (Å²) in [6.07, 6.45) is 4.42. The fourth-order valence-electron chi connectivity index (χ4n) is 3.80. The minimum Gasteiger partial charge on any atom is -0.352 e. The first-order valence-electron chi connectivity index (χ1n) is 11.5. The Hall–Kier alpha value is -2.43. The number of piperazine rings is 1. The van der Waals surface area contributed by atoms with Gasteiger partial charge in [0.05, 0.1) is 6.54 Å². The van der Waals surface area contributed by atoms with Gasteiger partial charge in [0.1, 0.15) is 0 Å². The number of aliphatic imine (C=N–C) groups is 1. The molecule has 0 spiro atoms. The van der Waals surface area contributed by atoms with Crippen LogP contribution in [-0.2, 0) is 11.3 Å². The van der Waals surface area contributed by atoms with Gasteiger partial charge in [0.25, 0.3) is 0 Å². The Bertz CT molecular complexity index is 939. The molecule has 1 heterocycles. The summed E-state index contributed by atoms with van der Waals surface area (Å²) in [7, 11) is 5.59. The Morgan fingerprint density at radius 2 is 1.79 bits per heavy atom. The van der Waals surface area contributed by atoms with Crippen molar-refractivity contribution in [2.45, 2.75) is 6.54 Å². The molecule has 184 valence electrons. The molecule has 0 saturated carbocycles. The number of likely N-dealkylation sites (N-methyl/N-ethyl adjacent to an activating group) is 1. The monoisotopic (exact) mass is 576 g/mol. The molecule has 0 unspecified atom stereocenters. The first-order chi connectivity index (χ1) is 16.0. The number of rotatable bonds is 8. The van der Waals surface area contributed by atoms with Gasteiger partial charge in [0.15, 0.2) is 5.96 Å². The number of anilines is 1. The van der Waals surface area contributed by atoms with Gasteiger partial charge in [-0.05, 0) is 37.4 Å². The van der Waals surface area contributed by atoms with Crippen molar-refractivity contribution in [3.63, 3.8) is 0 Å². The van der Waals surface area contributed by atoms with Crippen LogP contribution in [0.5, 0.6) is 0 Å². The molecule has 2 N–H and O–H groups in total. The molecule has 34 heavy (non-hydrogen) atoms. The minimum atomic E-state index is -0.0163. The summed E-state index contributed by atoms with van der Waals surface area (Å²) >= 11 is 0. The number of carbonyl (C=O) groups is 1. The average Bonchev–Trinajstić information content (AvgIpc) is 2.81. The van der Waals surface area contributed by atoms with E-state index in [0.717, 1.165) is 49.9 Å². The molecule has 1 amide bonds. The van der Waals surface area contributed by atoms with Crippen molar-refractivity contribution < 1.29 is 4.79 Å². The second kappa shape index (κ2) is 14.7. The Morgan fingerprint density at radius 1 is 1.06 bits per heavy atom. The molecule has 1 aliphatic heterocycles. The van der Waals surface area contributed by atoms with Gasteiger partial charge >= 0.3 is 0 Å². The summed E-state index contributed by atoms with van der Waals surface area (Å²) in [5.74, 6) is 0.897. The highest BCUT2D eigenvalue weighted by atomic mass is 127. The topological polar surface area (TPSA) is 63.2 Å². The molecule has 1 aliphatic rings. The summed E-state index contributed by atoms with van der Waals surface area (Å²) in [5, 5.41) is 6.42. The molecular weight excluding hydrogens is 539 g/mol. The fourth-order valence-corrected chi connectivity index (χ4v) is 3.80. The van der Waals surface area contributed by atoms with E-state index in [1.54, 1.807) is 0 Å². The number of benzene rings is 2. The Kier molecular flexibility index (Phi) is 12.1. The molecule has 0 radical (unpaired) electrons. The molecule has 2 aromatic rings. The fraction of sp³-hybridized carbons (Fsp3) is 0.385. The van der Waals surface area contributed by atoms with E-state index in [1.807, 2.05) is 50.3 Å². The van der Waals surface area contributed by atoms with Crippen LogP contribution in [0.3, 0.4) is 0 Å². The number of amides is 1. The first kappa shape index (κ1) is 27.8. The van der Waals surface area contributed by atoms with E-state index in [4.69, 9.17) is 0 Å². The summed E-state index contributed by atoms with van der Waals surface area (Å²) in [4.78, 5) is 23.1. The van der Waals surface area contributed by atoms with Crippen molar-refractivity contribution in [1.82, 2.24) is 20.0 Å². The van der Waals surface area contributed by atoms with Crippen molar-refractivity contribution in [3.8, 4) is 0 Å². The quantitative estimate of drug-likeness (QED) is 0.287. The predicted molar refractivity (Wildman–Crippen MR) is 153 cm³/mol. The molecule has 8 heteroatoms. The molecule has 0 bridgehead atoms. The van der Waals surface area contributed by atoms with Crippen LogP contribution in [0.25, 0.3) is 6.08 Å². The second-order valence-corrected chi connectivity index (χ2v) is 8.49. The molecule has 0 aromatic heterocycles. The number of guanidine groups is 1. The van der Waals surface area contributed by atoms with Gasteiger partial charge in [0, 0.05) is 52.0 Å². The van der Waals surface area contributed by atoms with E-state index < -0.39 is 0 Å². The Morgan fingerprint density at radius 3 is 2.47 bits per heavy atom. The summed E-state index contributed by atoms with van der Waals surface area (Å²) in [6.45, 7) is 5.88. The molecular formula is C26H37IN6O. The predicted octanol–water partition coefficient (Wildman–Crippen LogP) is 3.21. The maximum Gasteiger partial charge on any atom is 0.238 e. The van der Waals surface area contributed by atoms with Gasteiger partial charge in [-0.2, -0.15) is 0 Å². The normalized spacial score (nSPS) is 14.8. The van der Waals surface area contributed by atoms with Gasteiger partial charge in [-0.25, -0.2) is 0 Å². The largest absolute Gasteiger partial charge is 0.352 e. The zero-order valence-electron chi connectivity index (χ0n) is 20.4. The van der Waals surface area contributed by atoms with Crippen molar-refractivity contribution in [2.24, 2.45) is 4.99 Å². The molecule has 1 fully saturated rings. The standard InChI is InChI=1S/C26H36N6O.HI/c1-27-26(28-20-23-11-7-13-24(19-23)29-25(33)21-30(2)3)32-17-15-31(16-18-32)14-8-12-22-9-5-4-6-10-22;/h4-13,19H,14-18,20-21H2,1-3H3,(H,27,28)(H,29,33);1H/b12-8+;. The maximum absolute atomic E-state index is 12.0. The second-order valence-electron chi connectivity index (χ2n) is 8.49. The lowest BCUT2D eigenvalue weighted by Gasteiger charge is -2.36. The summed E-state index contributed by atoms with van der Waals surface area (Å²) in [6, 6.07) is 18.4. The Labute approximate surface area is 220 Å². The van der Waals surface area contributed by atoms with Gasteiger partial charge in [-0.3, -0.25) is 14.7 Å². The number of nitrogens with one attached hydrogen (secondary N) is 2. The SMILES string of the molecule is CN=C(NCc1cccc(NC(=O)CN(C)C)c1)N1CCN(C/C=C/c2ccccc2)CC1.I. The summed E-state index contributed by atoms with van der Waals surface area (Å²) in [5.41, 5.74) is 3.15. The summed E-state index contributed by atoms with van der Waals surface area (Å²) < 4.78 is 0. The van der Waals surface area contributed by atoms with E-state index in [1.165, 1.54) is 5.56 Å². The van der Waals surface area contributed by atoms with Crippen LogP contribution in [-0.4, -0.2) is 87.0 Å². The van der Waals surface area contributed by atoms with Gasteiger partial charge < -0.3 is 20.4 Å². The van der Waals surface area contributed by atoms with Crippen molar-refractivity contribution in [2.75, 3.05) is 65.7 Å². The van der Waals surface area contributed by atoms with Crippen molar-refractivity contribution in [3.05, 3.63) is 71.8 Å². The van der Waals surface area contributed by atoms with Crippen molar-refractivity contribution in [1.29, 1.82) is 0 Å². The van der Waals surface area contributed by atoms with E-state index >= 15 is 0 Å². The lowest BCUT2D eigenvalue weighted by Crippen LogP contribution is -2.52. The van der Waals surface area contributed by atoms with Crippen LogP contribution in [0.15, 0.2) is 65.7 Å². The van der Waals surface area contributed by atoms with Crippen LogP contribution in [0.4, 0.5) is 5.69 Å². The third-order valence-corrected chi connectivity index (χ3v) is 5.48. The molecule has 7 nitrogen and oxygen atoms in total. The highest BCUT2D eigenvalue weighted by Crippen LogP contribution is 2.11. The van der Waals surface area contributed by atoms with Crippen LogP contribution in [0.2, 0.25) is 0 Å². The molecule has 0 atom stereocenters. The number of hydrogen-bond donors (Lipinski definition) is 2. The smallest absolute Gasteiger partial charge is 0.238 e. The number of nitrogens with zero attached hydrogens (tertiary/aromatic N) is 4. The van der Waals surface area contributed by atoms with Gasteiger partial charge in [-0.1, -0.05) is 54.6 Å². The highest BCUT2D eigenvalue weighted by molar-refractivity contribution is 14.0. The lowest BCUT2D eigenvalue weighted by atomic mass is 10.2. The number of carbonyl (C=O) groups excluding carboxylic acids is 1. The zero-order valence-corrected chi connectivity index (χ0v) is 22.7. The van der Waals surface area contributed by atoms with E-state index in [0.29, 0.717) is 13.1 Å². The third-order valence-electron chi connectivity index (χ3n) is 5.48. The Balaban J connectivity index is 0.00000408. The maximum atomic E-state index is 12.0. The van der Waals surface area contributed by atoms with Gasteiger partial charge in [-0.15, -0.1) is 24.0 Å². The highest BCUT2D eigenvalue weighted by Gasteiger charge is 2.18. The van der Waals surface area contributed by atoms with E-state index in [2.05, 4.69) is 67.9 Å². The third kappa shape index (κ3) is 9.44. The van der Waals surface area contributed by atoms with Crippen LogP contribution >= 0.6 is 24.0 Å². The lowest BCUT2D eigenvalue weighted by molar-refractivity contribution is -0.116. The minimum absolute atomic E-state index is 0. The van der Waals surface area contributed by atoms with Gasteiger partial charge in [0.2, 0.25) is 5.91 Å². The van der Waals surface area contributed by atoms with Crippen LogP contribution in [0.1, 0.15) is 11.1 Å². The molecule has 0 aliphatic carbocycles. The number of halogens is 1. The molecule has 2 aromatic carbocycles. The average molecular weight is 577 g/mol. The van der Waals surface area contributed by atoms with Crippen LogP contribution in [0, 0.1) is 0 Å². The zero-order chi connectivity index (χ0) is 23.5. The number of hydrogen-bond acceptors (Lipinski definition) is 4. The molecule has 1 saturated heterocycles. The van der Waals surface area contributed by atoms with Crippen LogP contribution < -0.4 is 10.6 Å². The van der Waals surface area contributed by atoms with Crippen molar-refractivity contribution >= 4 is 47.6 Å². The van der Waals surface area contributed by atoms with E-state index in [-0.39, 0.29) is 29.9 Å². The van der Waals surface area contributed by atoms with E-state index in [9.17, 15) is 4.79 Å².